The maximum Gasteiger partial charge on any atom is 0.205 e. The minimum atomic E-state index is -0.278. The van der Waals surface area contributed by atoms with Crippen molar-refractivity contribution in [1.29, 1.82) is 0 Å². The predicted octanol–water partition coefficient (Wildman–Crippen LogP) is 1.25. The van der Waals surface area contributed by atoms with Gasteiger partial charge in [-0.2, -0.15) is 0 Å². The number of hydrogen-bond acceptors (Lipinski definition) is 3. The lowest BCUT2D eigenvalue weighted by molar-refractivity contribution is -0.112. The first-order valence-corrected chi connectivity index (χ1v) is 4.69. The van der Waals surface area contributed by atoms with E-state index in [0.717, 1.165) is 6.42 Å². The first kappa shape index (κ1) is 9.98. The Kier molecular flexibility index (Phi) is 4.73. The molecule has 0 rings (SSSR count). The highest BCUT2D eigenvalue weighted by Crippen LogP contribution is 2.10. The second-order valence-electron chi connectivity index (χ2n) is 2.43. The van der Waals surface area contributed by atoms with E-state index in [1.807, 2.05) is 13.8 Å². The van der Waals surface area contributed by atoms with Crippen LogP contribution in [0.2, 0.25) is 0 Å². The zero-order chi connectivity index (χ0) is 8.15. The largest absolute Gasteiger partial charge is 0.321 e. The highest BCUT2D eigenvalue weighted by atomic mass is 32.2. The third kappa shape index (κ3) is 2.71. The van der Waals surface area contributed by atoms with Gasteiger partial charge in [0.05, 0.1) is 6.04 Å². The molecule has 0 amide bonds. The normalized spacial score (nSPS) is 16.4. The number of hydrogen-bond donors (Lipinski definition) is 1. The van der Waals surface area contributed by atoms with Crippen LogP contribution in [0, 0.1) is 5.92 Å². The van der Waals surface area contributed by atoms with E-state index >= 15 is 0 Å². The van der Waals surface area contributed by atoms with Crippen LogP contribution in [0.1, 0.15) is 20.3 Å². The van der Waals surface area contributed by atoms with Crippen LogP contribution in [-0.4, -0.2) is 17.4 Å². The Morgan fingerprint density at radius 1 is 1.70 bits per heavy atom. The molecule has 2 nitrogen and oxygen atoms in total. The summed E-state index contributed by atoms with van der Waals surface area (Å²) in [5.74, 6) is 0.306. The van der Waals surface area contributed by atoms with Crippen LogP contribution in [0.3, 0.4) is 0 Å². The summed E-state index contributed by atoms with van der Waals surface area (Å²) in [5, 5.41) is 0.0920. The van der Waals surface area contributed by atoms with Crippen LogP contribution in [0.15, 0.2) is 0 Å². The Morgan fingerprint density at radius 3 is 2.50 bits per heavy atom. The van der Waals surface area contributed by atoms with Crippen molar-refractivity contribution in [2.24, 2.45) is 11.7 Å². The third-order valence-electron chi connectivity index (χ3n) is 1.73. The summed E-state index contributed by atoms with van der Waals surface area (Å²) in [5.41, 5.74) is 5.61. The maximum atomic E-state index is 11.0. The molecule has 0 aliphatic carbocycles. The van der Waals surface area contributed by atoms with Crippen molar-refractivity contribution in [2.45, 2.75) is 26.3 Å². The molecule has 0 aliphatic heterocycles. The van der Waals surface area contributed by atoms with Crippen molar-refractivity contribution in [3.05, 3.63) is 0 Å². The summed E-state index contributed by atoms with van der Waals surface area (Å²) in [6.07, 6.45) is 2.73. The molecule has 0 bridgehead atoms. The SMILES string of the molecule is CCC(C)[C@@H](N)C(=O)SC. The van der Waals surface area contributed by atoms with Gasteiger partial charge in [-0.05, 0) is 12.2 Å². The molecule has 60 valence electrons. The quantitative estimate of drug-likeness (QED) is 0.677. The highest BCUT2D eigenvalue weighted by molar-refractivity contribution is 8.13. The fraction of sp³-hybridized carbons (Fsp3) is 0.857. The van der Waals surface area contributed by atoms with E-state index in [4.69, 9.17) is 5.73 Å². The van der Waals surface area contributed by atoms with Gasteiger partial charge in [0.1, 0.15) is 0 Å². The molecule has 0 aliphatic rings. The average molecular weight is 161 g/mol. The molecule has 0 aromatic heterocycles. The molecule has 2 atom stereocenters. The minimum absolute atomic E-state index is 0.0920. The average Bonchev–Trinajstić information content (AvgIpc) is 2.00. The van der Waals surface area contributed by atoms with Gasteiger partial charge in [-0.15, -0.1) is 0 Å². The van der Waals surface area contributed by atoms with Gasteiger partial charge >= 0.3 is 0 Å². The van der Waals surface area contributed by atoms with Gasteiger partial charge in [-0.25, -0.2) is 0 Å². The number of thioether (sulfide) groups is 1. The number of rotatable bonds is 3. The van der Waals surface area contributed by atoms with Crippen LogP contribution >= 0.6 is 11.8 Å². The summed E-state index contributed by atoms with van der Waals surface area (Å²) in [4.78, 5) is 11.0. The number of nitrogens with two attached hydrogens (primary N) is 1. The Labute approximate surface area is 66.6 Å². The molecule has 2 N–H and O–H groups in total. The van der Waals surface area contributed by atoms with Gasteiger partial charge in [0.2, 0.25) is 5.12 Å². The van der Waals surface area contributed by atoms with Crippen LogP contribution in [0.25, 0.3) is 0 Å². The van der Waals surface area contributed by atoms with Gasteiger partial charge in [-0.3, -0.25) is 4.79 Å². The van der Waals surface area contributed by atoms with Gasteiger partial charge in [0.25, 0.3) is 0 Å². The van der Waals surface area contributed by atoms with Crippen molar-refractivity contribution < 1.29 is 4.79 Å². The van der Waals surface area contributed by atoms with Crippen molar-refractivity contribution in [2.75, 3.05) is 6.26 Å². The molecule has 0 spiro atoms. The lowest BCUT2D eigenvalue weighted by Crippen LogP contribution is -2.34. The monoisotopic (exact) mass is 161 g/mol. The predicted molar refractivity (Wildman–Crippen MR) is 46.0 cm³/mol. The van der Waals surface area contributed by atoms with Crippen LogP contribution in [0.4, 0.5) is 0 Å². The highest BCUT2D eigenvalue weighted by Gasteiger charge is 2.17. The van der Waals surface area contributed by atoms with Crippen molar-refractivity contribution in [1.82, 2.24) is 0 Å². The van der Waals surface area contributed by atoms with E-state index < -0.39 is 0 Å². The van der Waals surface area contributed by atoms with Crippen LogP contribution in [0.5, 0.6) is 0 Å². The maximum absolute atomic E-state index is 11.0. The molecule has 0 fully saturated rings. The fourth-order valence-electron chi connectivity index (χ4n) is 0.622. The summed E-state index contributed by atoms with van der Waals surface area (Å²) in [7, 11) is 0. The van der Waals surface area contributed by atoms with E-state index in [-0.39, 0.29) is 11.2 Å². The van der Waals surface area contributed by atoms with Crippen molar-refractivity contribution >= 4 is 16.9 Å². The lowest BCUT2D eigenvalue weighted by Gasteiger charge is -2.14. The molecule has 0 aromatic rings. The number of carbonyl (C=O) groups is 1. The first-order valence-electron chi connectivity index (χ1n) is 3.46. The van der Waals surface area contributed by atoms with Gasteiger partial charge < -0.3 is 5.73 Å². The zero-order valence-corrected chi connectivity index (χ0v) is 7.57. The van der Waals surface area contributed by atoms with Crippen molar-refractivity contribution in [3.63, 3.8) is 0 Å². The molecule has 10 heavy (non-hydrogen) atoms. The van der Waals surface area contributed by atoms with E-state index in [1.54, 1.807) is 6.26 Å². The molecule has 0 radical (unpaired) electrons. The zero-order valence-electron chi connectivity index (χ0n) is 6.76. The first-order chi connectivity index (χ1) is 4.63. The van der Waals surface area contributed by atoms with Gasteiger partial charge in [-0.1, -0.05) is 32.0 Å². The van der Waals surface area contributed by atoms with Crippen LogP contribution in [-0.2, 0) is 4.79 Å². The Bertz CT molecular complexity index is 116. The Balaban J connectivity index is 3.81. The number of carbonyl (C=O) groups excluding carboxylic acids is 1. The van der Waals surface area contributed by atoms with Gasteiger partial charge in [0.15, 0.2) is 0 Å². The lowest BCUT2D eigenvalue weighted by atomic mass is 10.0. The second-order valence-corrected chi connectivity index (χ2v) is 3.25. The van der Waals surface area contributed by atoms with Crippen molar-refractivity contribution in [3.8, 4) is 0 Å². The van der Waals surface area contributed by atoms with Gasteiger partial charge in [0, 0.05) is 0 Å². The van der Waals surface area contributed by atoms with E-state index in [1.165, 1.54) is 11.8 Å². The minimum Gasteiger partial charge on any atom is -0.321 e. The van der Waals surface area contributed by atoms with E-state index in [9.17, 15) is 4.79 Å². The van der Waals surface area contributed by atoms with E-state index in [2.05, 4.69) is 0 Å². The summed E-state index contributed by atoms with van der Waals surface area (Å²) in [6.45, 7) is 4.04. The Hall–Kier alpha value is -0.0200. The summed E-state index contributed by atoms with van der Waals surface area (Å²) < 4.78 is 0. The molecule has 0 aromatic carbocycles. The molecular formula is C7H15NOS. The fourth-order valence-corrected chi connectivity index (χ4v) is 1.13. The molecule has 0 saturated carbocycles. The summed E-state index contributed by atoms with van der Waals surface area (Å²) >= 11 is 1.21. The smallest absolute Gasteiger partial charge is 0.205 e. The standard InChI is InChI=1S/C7H15NOS/c1-4-5(2)6(8)7(9)10-3/h5-6H,4,8H2,1-3H3/t5?,6-/m1/s1. The third-order valence-corrected chi connectivity index (χ3v) is 2.40. The van der Waals surface area contributed by atoms with E-state index in [0.29, 0.717) is 5.92 Å². The Morgan fingerprint density at radius 2 is 2.20 bits per heavy atom. The molecule has 1 unspecified atom stereocenters. The summed E-state index contributed by atoms with van der Waals surface area (Å²) in [6, 6.07) is -0.278. The topological polar surface area (TPSA) is 43.1 Å². The molecule has 0 saturated heterocycles. The molecule has 3 heteroatoms. The molecule has 0 heterocycles. The van der Waals surface area contributed by atoms with Crippen LogP contribution < -0.4 is 5.73 Å². The molecular weight excluding hydrogens is 146 g/mol. The second kappa shape index (κ2) is 4.74.